The average molecular weight is 904 g/mol. The zero-order valence-electron chi connectivity index (χ0n) is 38.8. The number of rotatable bonds is 8. The fourth-order valence-corrected chi connectivity index (χ4v) is 11.8. The summed E-state index contributed by atoms with van der Waals surface area (Å²) in [6.07, 6.45) is 0. The summed E-state index contributed by atoms with van der Waals surface area (Å²) in [5, 5.41) is 6.83. The molecule has 1 aliphatic carbocycles. The van der Waals surface area contributed by atoms with Gasteiger partial charge in [-0.2, -0.15) is 0 Å². The molecule has 71 heavy (non-hydrogen) atoms. The fraction of sp³-hybridized carbons (Fsp3) is 0.0145. The predicted molar refractivity (Wildman–Crippen MR) is 297 cm³/mol. The molecule has 0 N–H and O–H groups in total. The van der Waals surface area contributed by atoms with Gasteiger partial charge in [-0.1, -0.05) is 224 Å². The van der Waals surface area contributed by atoms with Crippen LogP contribution in [0.1, 0.15) is 22.3 Å². The Balaban J connectivity index is 1.01. The molecule has 0 amide bonds. The van der Waals surface area contributed by atoms with Crippen LogP contribution in [0.2, 0.25) is 0 Å². The standard InChI is InChI=1S/C69H45NO/c1-5-19-46(20-6-1)47-33-36-53(37-34-47)70(54-38-40-59-58-30-17-18-32-64(58)69(65(59)45-54,51-24-9-3-10-25-51)52-26-11-4-12-27-52)66-42-41-55(57-29-15-16-31-60(57)66)50-43-62(48-21-7-2-8-22-48)68-63(44-50)61-39-35-49-23-13-14-28-56(49)67(61)71-68/h1-45H. The Labute approximate surface area is 413 Å². The molecule has 12 aromatic carbocycles. The minimum atomic E-state index is -0.544. The van der Waals surface area contributed by atoms with Crippen LogP contribution in [-0.4, -0.2) is 0 Å². The summed E-state index contributed by atoms with van der Waals surface area (Å²) in [7, 11) is 0. The number of hydrogen-bond donors (Lipinski definition) is 0. The Morgan fingerprint density at radius 3 is 1.58 bits per heavy atom. The Bertz CT molecular complexity index is 4100. The highest BCUT2D eigenvalue weighted by Gasteiger charge is 2.46. The normalized spacial score (nSPS) is 12.6. The topological polar surface area (TPSA) is 16.4 Å². The van der Waals surface area contributed by atoms with Crippen LogP contribution in [0.3, 0.4) is 0 Å². The van der Waals surface area contributed by atoms with Crippen molar-refractivity contribution in [3.63, 3.8) is 0 Å². The molecule has 1 heterocycles. The van der Waals surface area contributed by atoms with Crippen LogP contribution < -0.4 is 4.90 Å². The molecule has 1 aliphatic rings. The van der Waals surface area contributed by atoms with E-state index in [2.05, 4.69) is 278 Å². The first-order valence-electron chi connectivity index (χ1n) is 24.5. The summed E-state index contributed by atoms with van der Waals surface area (Å²) in [6.45, 7) is 0. The zero-order valence-corrected chi connectivity index (χ0v) is 38.8. The summed E-state index contributed by atoms with van der Waals surface area (Å²) < 4.78 is 6.93. The van der Waals surface area contributed by atoms with Crippen molar-refractivity contribution in [2.24, 2.45) is 0 Å². The Morgan fingerprint density at radius 2 is 0.845 bits per heavy atom. The molecule has 0 saturated carbocycles. The summed E-state index contributed by atoms with van der Waals surface area (Å²) >= 11 is 0. The predicted octanol–water partition coefficient (Wildman–Crippen LogP) is 18.7. The minimum absolute atomic E-state index is 0.544. The van der Waals surface area contributed by atoms with E-state index in [-0.39, 0.29) is 0 Å². The van der Waals surface area contributed by atoms with E-state index in [0.717, 1.165) is 72.0 Å². The molecule has 2 heteroatoms. The molecule has 0 saturated heterocycles. The van der Waals surface area contributed by atoms with E-state index in [0.29, 0.717) is 0 Å². The van der Waals surface area contributed by atoms with Crippen LogP contribution in [-0.2, 0) is 5.41 Å². The molecule has 1 aromatic heterocycles. The van der Waals surface area contributed by atoms with Gasteiger partial charge in [-0.05, 0) is 121 Å². The number of nitrogens with zero attached hydrogens (tertiary/aromatic N) is 1. The van der Waals surface area contributed by atoms with Crippen molar-refractivity contribution in [2.75, 3.05) is 4.90 Å². The lowest BCUT2D eigenvalue weighted by Gasteiger charge is -2.35. The average Bonchev–Trinajstić information content (AvgIpc) is 3.98. The van der Waals surface area contributed by atoms with Gasteiger partial charge < -0.3 is 9.32 Å². The van der Waals surface area contributed by atoms with Gasteiger partial charge in [0.15, 0.2) is 0 Å². The maximum absolute atomic E-state index is 6.93. The van der Waals surface area contributed by atoms with E-state index in [9.17, 15) is 0 Å². The fourth-order valence-electron chi connectivity index (χ4n) is 11.8. The van der Waals surface area contributed by atoms with E-state index in [1.807, 2.05) is 0 Å². The van der Waals surface area contributed by atoms with E-state index >= 15 is 0 Å². The molecule has 0 spiro atoms. The third-order valence-corrected chi connectivity index (χ3v) is 14.9. The third kappa shape index (κ3) is 6.42. The van der Waals surface area contributed by atoms with E-state index < -0.39 is 5.41 Å². The number of anilines is 3. The van der Waals surface area contributed by atoms with Crippen LogP contribution in [0.25, 0.3) is 88.0 Å². The van der Waals surface area contributed by atoms with Gasteiger partial charge in [0.2, 0.25) is 0 Å². The van der Waals surface area contributed by atoms with Gasteiger partial charge in [-0.25, -0.2) is 0 Å². The lowest BCUT2D eigenvalue weighted by Crippen LogP contribution is -2.28. The molecular formula is C69H45NO. The van der Waals surface area contributed by atoms with E-state index in [1.54, 1.807) is 0 Å². The van der Waals surface area contributed by atoms with Crippen molar-refractivity contribution in [1.82, 2.24) is 0 Å². The van der Waals surface area contributed by atoms with Crippen LogP contribution in [0.15, 0.2) is 277 Å². The largest absolute Gasteiger partial charge is 0.455 e. The molecule has 13 aromatic rings. The van der Waals surface area contributed by atoms with Crippen molar-refractivity contribution < 1.29 is 4.42 Å². The SMILES string of the molecule is c1ccc(-c2ccc(N(c3ccc4c(c3)C(c3ccccc3)(c3ccccc3)c3ccccc3-4)c3ccc(-c4cc(-c5ccccc5)c5oc6c7ccccc7ccc6c5c4)c4ccccc34)cc2)cc1. The van der Waals surface area contributed by atoms with Gasteiger partial charge in [-0.3, -0.25) is 0 Å². The van der Waals surface area contributed by atoms with E-state index in [1.165, 1.54) is 55.3 Å². The van der Waals surface area contributed by atoms with Crippen molar-refractivity contribution >= 4 is 60.5 Å². The monoisotopic (exact) mass is 903 g/mol. The van der Waals surface area contributed by atoms with Crippen LogP contribution in [0.5, 0.6) is 0 Å². The number of fused-ring (bicyclic) bond motifs is 9. The number of furan rings is 1. The summed E-state index contributed by atoms with van der Waals surface area (Å²) in [6, 6.07) is 99.9. The highest BCUT2D eigenvalue weighted by atomic mass is 16.3. The molecule has 2 nitrogen and oxygen atoms in total. The lowest BCUT2D eigenvalue weighted by atomic mass is 9.67. The van der Waals surface area contributed by atoms with Crippen molar-refractivity contribution in [2.45, 2.75) is 5.41 Å². The van der Waals surface area contributed by atoms with Gasteiger partial charge in [0, 0.05) is 38.5 Å². The molecule has 0 unspecified atom stereocenters. The second-order valence-electron chi connectivity index (χ2n) is 18.7. The summed E-state index contributed by atoms with van der Waals surface area (Å²) in [4.78, 5) is 2.47. The van der Waals surface area contributed by atoms with Gasteiger partial charge >= 0.3 is 0 Å². The lowest BCUT2D eigenvalue weighted by molar-refractivity contribution is 0.674. The van der Waals surface area contributed by atoms with Gasteiger partial charge in [-0.15, -0.1) is 0 Å². The van der Waals surface area contributed by atoms with Crippen molar-refractivity contribution in [3.05, 3.63) is 295 Å². The molecule has 0 fully saturated rings. The number of hydrogen-bond acceptors (Lipinski definition) is 2. The quantitative estimate of drug-likeness (QED) is 0.151. The molecular weight excluding hydrogens is 859 g/mol. The van der Waals surface area contributed by atoms with Crippen molar-refractivity contribution in [1.29, 1.82) is 0 Å². The molecule has 0 aliphatic heterocycles. The third-order valence-electron chi connectivity index (χ3n) is 14.9. The molecule has 0 atom stereocenters. The number of benzene rings is 12. The highest BCUT2D eigenvalue weighted by Crippen LogP contribution is 2.57. The Kier molecular flexibility index (Phi) is 9.47. The zero-order chi connectivity index (χ0) is 46.9. The summed E-state index contributed by atoms with van der Waals surface area (Å²) in [5.41, 5.74) is 19.0. The minimum Gasteiger partial charge on any atom is -0.455 e. The molecule has 14 rings (SSSR count). The van der Waals surface area contributed by atoms with E-state index in [4.69, 9.17) is 4.42 Å². The van der Waals surface area contributed by atoms with Crippen LogP contribution >= 0.6 is 0 Å². The van der Waals surface area contributed by atoms with Crippen LogP contribution in [0.4, 0.5) is 17.1 Å². The van der Waals surface area contributed by atoms with Gasteiger partial charge in [0.25, 0.3) is 0 Å². The van der Waals surface area contributed by atoms with Gasteiger partial charge in [0.1, 0.15) is 11.2 Å². The summed E-state index contributed by atoms with van der Waals surface area (Å²) in [5.74, 6) is 0. The van der Waals surface area contributed by atoms with Gasteiger partial charge in [0.05, 0.1) is 11.1 Å². The second-order valence-corrected chi connectivity index (χ2v) is 18.7. The Morgan fingerprint density at radius 1 is 0.282 bits per heavy atom. The first-order valence-corrected chi connectivity index (χ1v) is 24.5. The molecule has 332 valence electrons. The maximum Gasteiger partial charge on any atom is 0.143 e. The maximum atomic E-state index is 6.93. The highest BCUT2D eigenvalue weighted by molar-refractivity contribution is 6.19. The first kappa shape index (κ1) is 40.8. The Hall–Kier alpha value is -9.24. The molecule has 0 bridgehead atoms. The second kappa shape index (κ2) is 16.5. The van der Waals surface area contributed by atoms with Crippen molar-refractivity contribution in [3.8, 4) is 44.5 Å². The van der Waals surface area contributed by atoms with Crippen LogP contribution in [0, 0.1) is 0 Å². The molecule has 0 radical (unpaired) electrons. The smallest absolute Gasteiger partial charge is 0.143 e. The first-order chi connectivity index (χ1) is 35.2.